The first-order chi connectivity index (χ1) is 10.3. The number of rotatable bonds is 3. The normalized spacial score (nSPS) is 15.0. The average Bonchev–Trinajstić information content (AvgIpc) is 2.56. The number of pyridine rings is 1. The van der Waals surface area contributed by atoms with Crippen LogP contribution in [0.2, 0.25) is 0 Å². The molecule has 5 heteroatoms. The molecule has 0 aliphatic carbocycles. The van der Waals surface area contributed by atoms with E-state index in [0.29, 0.717) is 24.3 Å². The topological polar surface area (TPSA) is 62.7 Å². The molecule has 3 rings (SSSR count). The molecule has 1 N–H and O–H groups in total. The molecule has 1 aromatic carbocycles. The highest BCUT2D eigenvalue weighted by Crippen LogP contribution is 2.27. The lowest BCUT2D eigenvalue weighted by Crippen LogP contribution is -2.36. The first kappa shape index (κ1) is 13.6. The molecule has 0 unspecified atom stereocenters. The Labute approximate surface area is 122 Å². The Morgan fingerprint density at radius 2 is 2.05 bits per heavy atom. The van der Waals surface area contributed by atoms with Crippen LogP contribution in [0.15, 0.2) is 42.7 Å². The zero-order valence-electron chi connectivity index (χ0n) is 11.5. The quantitative estimate of drug-likeness (QED) is 0.872. The molecule has 5 nitrogen and oxygen atoms in total. The van der Waals surface area contributed by atoms with Crippen LogP contribution in [0.5, 0.6) is 5.75 Å². The second-order valence-electron chi connectivity index (χ2n) is 4.87. The molecule has 2 aromatic rings. The zero-order chi connectivity index (χ0) is 14.7. The Balaban J connectivity index is 1.86. The van der Waals surface area contributed by atoms with Crippen LogP contribution >= 0.6 is 0 Å². The van der Waals surface area contributed by atoms with Gasteiger partial charge in [-0.15, -0.1) is 0 Å². The lowest BCUT2D eigenvalue weighted by molar-refractivity contribution is 0.103. The number of aromatic nitrogens is 1. The highest BCUT2D eigenvalue weighted by Gasteiger charge is 2.17. The van der Waals surface area contributed by atoms with E-state index in [4.69, 9.17) is 4.74 Å². The lowest BCUT2D eigenvalue weighted by atomic mass is 10.0. The molecule has 21 heavy (non-hydrogen) atoms. The molecule has 0 atom stereocenters. The molecule has 1 aliphatic rings. The molecule has 0 amide bonds. The predicted molar refractivity (Wildman–Crippen MR) is 78.8 cm³/mol. The summed E-state index contributed by atoms with van der Waals surface area (Å²) in [4.78, 5) is 18.4. The van der Waals surface area contributed by atoms with Crippen molar-refractivity contribution in [3.8, 4) is 5.75 Å². The number of morpholine rings is 1. The van der Waals surface area contributed by atoms with Crippen LogP contribution in [-0.4, -0.2) is 42.2 Å². The first-order valence-electron chi connectivity index (χ1n) is 6.86. The summed E-state index contributed by atoms with van der Waals surface area (Å²) >= 11 is 0. The Morgan fingerprint density at radius 1 is 1.24 bits per heavy atom. The number of anilines is 1. The summed E-state index contributed by atoms with van der Waals surface area (Å²) in [6.07, 6.45) is 3.11. The SMILES string of the molecule is O=C(c1cccnc1)c1ccc(N2CCOCC2)cc1O. The molecular weight excluding hydrogens is 268 g/mol. The number of ether oxygens (including phenoxy) is 1. The van der Waals surface area contributed by atoms with Gasteiger partial charge in [-0.2, -0.15) is 0 Å². The van der Waals surface area contributed by atoms with Crippen LogP contribution in [-0.2, 0) is 4.74 Å². The third kappa shape index (κ3) is 2.87. The minimum absolute atomic E-state index is 0.00663. The van der Waals surface area contributed by atoms with Crippen LogP contribution in [0.25, 0.3) is 0 Å². The zero-order valence-corrected chi connectivity index (χ0v) is 11.5. The van der Waals surface area contributed by atoms with Crippen molar-refractivity contribution in [3.05, 3.63) is 53.9 Å². The van der Waals surface area contributed by atoms with Crippen LogP contribution < -0.4 is 4.90 Å². The van der Waals surface area contributed by atoms with Gasteiger partial charge >= 0.3 is 0 Å². The standard InChI is InChI=1S/C16H16N2O3/c19-15-10-13(18-6-8-21-9-7-18)3-4-14(15)16(20)12-2-1-5-17-11-12/h1-5,10-11,19H,6-9H2. The minimum Gasteiger partial charge on any atom is -0.507 e. The number of phenolic OH excluding ortho intramolecular Hbond substituents is 1. The van der Waals surface area contributed by atoms with Gasteiger partial charge in [0, 0.05) is 42.8 Å². The minimum atomic E-state index is -0.228. The number of hydrogen-bond donors (Lipinski definition) is 1. The van der Waals surface area contributed by atoms with Gasteiger partial charge in [-0.3, -0.25) is 9.78 Å². The monoisotopic (exact) mass is 284 g/mol. The van der Waals surface area contributed by atoms with Crippen molar-refractivity contribution in [3.63, 3.8) is 0 Å². The van der Waals surface area contributed by atoms with Gasteiger partial charge in [0.15, 0.2) is 5.78 Å². The summed E-state index contributed by atoms with van der Waals surface area (Å²) in [5.41, 5.74) is 1.66. The van der Waals surface area contributed by atoms with E-state index in [1.807, 2.05) is 6.07 Å². The number of phenols is 1. The van der Waals surface area contributed by atoms with E-state index >= 15 is 0 Å². The summed E-state index contributed by atoms with van der Waals surface area (Å²) in [5, 5.41) is 10.2. The van der Waals surface area contributed by atoms with Gasteiger partial charge in [-0.25, -0.2) is 0 Å². The summed E-state index contributed by atoms with van der Waals surface area (Å²) in [7, 11) is 0. The molecule has 0 bridgehead atoms. The fourth-order valence-corrected chi connectivity index (χ4v) is 2.38. The maximum Gasteiger partial charge on any atom is 0.198 e. The van der Waals surface area contributed by atoms with Gasteiger partial charge in [0.05, 0.1) is 18.8 Å². The molecule has 0 saturated carbocycles. The first-order valence-corrected chi connectivity index (χ1v) is 6.86. The Bertz CT molecular complexity index is 637. The van der Waals surface area contributed by atoms with Crippen LogP contribution in [0.3, 0.4) is 0 Å². The summed E-state index contributed by atoms with van der Waals surface area (Å²) in [5.74, 6) is -0.234. The van der Waals surface area contributed by atoms with Crippen LogP contribution in [0.4, 0.5) is 5.69 Å². The van der Waals surface area contributed by atoms with Crippen molar-refractivity contribution in [1.29, 1.82) is 0 Å². The molecule has 0 radical (unpaired) electrons. The van der Waals surface area contributed by atoms with E-state index < -0.39 is 0 Å². The van der Waals surface area contributed by atoms with Gasteiger partial charge in [-0.1, -0.05) is 0 Å². The molecule has 0 spiro atoms. The largest absolute Gasteiger partial charge is 0.507 e. The van der Waals surface area contributed by atoms with E-state index in [9.17, 15) is 9.90 Å². The summed E-state index contributed by atoms with van der Waals surface area (Å²) in [6.45, 7) is 2.93. The maximum atomic E-state index is 12.3. The predicted octanol–water partition coefficient (Wildman–Crippen LogP) is 1.85. The van der Waals surface area contributed by atoms with Crippen molar-refractivity contribution in [2.24, 2.45) is 0 Å². The van der Waals surface area contributed by atoms with E-state index in [-0.39, 0.29) is 11.5 Å². The number of hydrogen-bond acceptors (Lipinski definition) is 5. The number of carbonyl (C=O) groups is 1. The summed E-state index contributed by atoms with van der Waals surface area (Å²) < 4.78 is 5.31. The number of aromatic hydroxyl groups is 1. The van der Waals surface area contributed by atoms with Gasteiger partial charge in [-0.05, 0) is 24.3 Å². The van der Waals surface area contributed by atoms with Gasteiger partial charge in [0.2, 0.25) is 0 Å². The smallest absolute Gasteiger partial charge is 0.198 e. The number of nitrogens with zero attached hydrogens (tertiary/aromatic N) is 2. The average molecular weight is 284 g/mol. The molecule has 1 aromatic heterocycles. The Morgan fingerprint density at radius 3 is 2.71 bits per heavy atom. The number of ketones is 1. The van der Waals surface area contributed by atoms with Crippen molar-refractivity contribution in [1.82, 2.24) is 4.98 Å². The van der Waals surface area contributed by atoms with Crippen LogP contribution in [0.1, 0.15) is 15.9 Å². The van der Waals surface area contributed by atoms with Gasteiger partial charge in [0.25, 0.3) is 0 Å². The van der Waals surface area contributed by atoms with Crippen LogP contribution in [0, 0.1) is 0 Å². The fourth-order valence-electron chi connectivity index (χ4n) is 2.38. The molecule has 2 heterocycles. The van der Waals surface area contributed by atoms with Gasteiger partial charge < -0.3 is 14.7 Å². The summed E-state index contributed by atoms with van der Waals surface area (Å²) in [6, 6.07) is 8.54. The Kier molecular flexibility index (Phi) is 3.83. The molecule has 1 aliphatic heterocycles. The maximum absolute atomic E-state index is 12.3. The van der Waals surface area contributed by atoms with E-state index in [1.54, 1.807) is 30.5 Å². The highest BCUT2D eigenvalue weighted by atomic mass is 16.5. The van der Waals surface area contributed by atoms with E-state index in [0.717, 1.165) is 18.8 Å². The third-order valence-electron chi connectivity index (χ3n) is 3.53. The number of benzene rings is 1. The van der Waals surface area contributed by atoms with Gasteiger partial charge in [0.1, 0.15) is 5.75 Å². The molecule has 1 fully saturated rings. The van der Waals surface area contributed by atoms with E-state index in [2.05, 4.69) is 9.88 Å². The molecule has 1 saturated heterocycles. The van der Waals surface area contributed by atoms with Crippen molar-refractivity contribution >= 4 is 11.5 Å². The highest BCUT2D eigenvalue weighted by molar-refractivity contribution is 6.10. The van der Waals surface area contributed by atoms with Crippen molar-refractivity contribution < 1.29 is 14.6 Å². The Hall–Kier alpha value is -2.40. The second-order valence-corrected chi connectivity index (χ2v) is 4.87. The fraction of sp³-hybridized carbons (Fsp3) is 0.250. The lowest BCUT2D eigenvalue weighted by Gasteiger charge is -2.29. The third-order valence-corrected chi connectivity index (χ3v) is 3.53. The van der Waals surface area contributed by atoms with Crippen molar-refractivity contribution in [2.45, 2.75) is 0 Å². The molecular formula is C16H16N2O3. The number of carbonyl (C=O) groups excluding carboxylic acids is 1. The van der Waals surface area contributed by atoms with Crippen molar-refractivity contribution in [2.75, 3.05) is 31.2 Å². The molecule has 108 valence electrons. The van der Waals surface area contributed by atoms with E-state index in [1.165, 1.54) is 6.20 Å². The second kappa shape index (κ2) is 5.93.